The average Bonchev–Trinajstić information content (AvgIpc) is 3.38. The molecule has 0 radical (unpaired) electrons. The fourth-order valence-electron chi connectivity index (χ4n) is 5.90. The summed E-state index contributed by atoms with van der Waals surface area (Å²) in [6, 6.07) is 15.1. The van der Waals surface area contributed by atoms with Crippen molar-refractivity contribution in [3.05, 3.63) is 71.9 Å². The molecule has 0 spiro atoms. The van der Waals surface area contributed by atoms with Gasteiger partial charge in [-0.05, 0) is 61.7 Å². The third-order valence-electron chi connectivity index (χ3n) is 7.90. The molecule has 3 aliphatic heterocycles. The van der Waals surface area contributed by atoms with Crippen molar-refractivity contribution < 1.29 is 23.9 Å². The van der Waals surface area contributed by atoms with Crippen LogP contribution in [0.15, 0.2) is 65.8 Å². The van der Waals surface area contributed by atoms with Gasteiger partial charge in [0.2, 0.25) is 11.8 Å². The van der Waals surface area contributed by atoms with Gasteiger partial charge in [0.1, 0.15) is 27.8 Å². The number of thioether (sulfide) groups is 1. The Kier molecular flexibility index (Phi) is 8.24. The molecule has 4 heterocycles. The Morgan fingerprint density at radius 2 is 1.98 bits per heavy atom. The predicted molar refractivity (Wildman–Crippen MR) is 163 cm³/mol. The maximum atomic E-state index is 13.6. The smallest absolute Gasteiger partial charge is 0.327 e. The molecule has 12 heteroatoms. The van der Waals surface area contributed by atoms with Crippen LogP contribution in [0, 0.1) is 6.92 Å². The molecule has 0 aliphatic carbocycles. The number of anilines is 2. The van der Waals surface area contributed by atoms with Crippen LogP contribution < -0.4 is 26.0 Å². The Morgan fingerprint density at radius 1 is 1.16 bits per heavy atom. The van der Waals surface area contributed by atoms with Gasteiger partial charge in [0.15, 0.2) is 0 Å². The van der Waals surface area contributed by atoms with E-state index in [-0.39, 0.29) is 30.5 Å². The van der Waals surface area contributed by atoms with Crippen molar-refractivity contribution in [3.63, 3.8) is 0 Å². The number of methoxy groups -OCH3 is 1. The first-order valence-electron chi connectivity index (χ1n) is 14.3. The highest BCUT2D eigenvalue weighted by atomic mass is 32.2. The largest absolute Gasteiger partial charge is 0.457 e. The number of nitrogens with one attached hydrogen (secondary N) is 2. The van der Waals surface area contributed by atoms with E-state index in [1.807, 2.05) is 61.5 Å². The van der Waals surface area contributed by atoms with Crippen molar-refractivity contribution in [2.75, 3.05) is 31.7 Å². The van der Waals surface area contributed by atoms with Crippen molar-refractivity contribution in [3.8, 4) is 11.5 Å². The predicted octanol–water partition coefficient (Wildman–Crippen LogP) is 3.64. The van der Waals surface area contributed by atoms with Gasteiger partial charge in [-0.1, -0.05) is 30.0 Å². The number of hydrogen-bond donors (Lipinski definition) is 3. The normalized spacial score (nSPS) is 21.6. The Hall–Kier alpha value is -4.13. The molecule has 3 aromatic rings. The maximum absolute atomic E-state index is 13.6. The monoisotopic (exact) mass is 602 g/mol. The van der Waals surface area contributed by atoms with Gasteiger partial charge in [0.05, 0.1) is 24.0 Å². The van der Waals surface area contributed by atoms with Gasteiger partial charge in [0, 0.05) is 38.0 Å². The van der Waals surface area contributed by atoms with Crippen LogP contribution in [0.1, 0.15) is 30.0 Å². The number of nitrogens with zero attached hydrogens (tertiary/aromatic N) is 3. The van der Waals surface area contributed by atoms with Gasteiger partial charge < -0.3 is 30.7 Å². The highest BCUT2D eigenvalue weighted by Gasteiger charge is 2.47. The third kappa shape index (κ3) is 5.77. The highest BCUT2D eigenvalue weighted by Crippen LogP contribution is 2.51. The SMILES string of the molecule is COC[C@H](N)C(=O)N1CCC[C@@H](NC(=O)C2Sc3nccc4c3C2NC(=O)N4c2ccc(Oc3ccccc3)cc2C)C1. The van der Waals surface area contributed by atoms with Crippen LogP contribution in [-0.2, 0) is 14.3 Å². The lowest BCUT2D eigenvalue weighted by molar-refractivity contribution is -0.136. The number of aromatic nitrogens is 1. The second kappa shape index (κ2) is 12.2. The minimum Gasteiger partial charge on any atom is -0.457 e. The number of ether oxygens (including phenoxy) is 2. The van der Waals surface area contributed by atoms with Crippen LogP contribution in [-0.4, -0.2) is 71.9 Å². The number of likely N-dealkylation sites (tertiary alicyclic amines) is 1. The van der Waals surface area contributed by atoms with E-state index in [1.165, 1.54) is 18.9 Å². The standard InChI is InChI=1S/C31H34N6O5S/c1-18-15-21(42-20-8-4-3-5-9-20)10-11-23(18)37-24-12-13-33-29-25(24)26(35-31(37)40)27(43-29)28(38)34-19-7-6-14-36(16-19)30(39)22(32)17-41-2/h3-5,8-13,15,19,22,26-27H,6-7,14,16-17,32H2,1-2H3,(H,34,38)(H,35,40)/t19-,22+,26?,27?/m1/s1. The quantitative estimate of drug-likeness (QED) is 0.355. The average molecular weight is 603 g/mol. The molecule has 4 atom stereocenters. The molecule has 2 aromatic carbocycles. The van der Waals surface area contributed by atoms with Crippen LogP contribution in [0.3, 0.4) is 0 Å². The van der Waals surface area contributed by atoms with Crippen LogP contribution in [0.5, 0.6) is 11.5 Å². The first-order valence-corrected chi connectivity index (χ1v) is 15.2. The Bertz CT molecular complexity index is 1540. The summed E-state index contributed by atoms with van der Waals surface area (Å²) in [5.74, 6) is 1.00. The number of hydrogen-bond acceptors (Lipinski definition) is 8. The van der Waals surface area contributed by atoms with Crippen LogP contribution in [0.25, 0.3) is 0 Å². The number of carbonyl (C=O) groups excluding carboxylic acids is 3. The number of pyridine rings is 1. The van der Waals surface area contributed by atoms with E-state index in [0.717, 1.165) is 29.7 Å². The molecule has 4 amide bonds. The molecular formula is C31H34N6O5S. The minimum atomic E-state index is -0.736. The van der Waals surface area contributed by atoms with Crippen LogP contribution >= 0.6 is 11.8 Å². The van der Waals surface area contributed by atoms with Gasteiger partial charge >= 0.3 is 6.03 Å². The van der Waals surface area contributed by atoms with E-state index in [0.29, 0.717) is 35.2 Å². The van der Waals surface area contributed by atoms with Crippen molar-refractivity contribution >= 4 is 41.0 Å². The zero-order valence-electron chi connectivity index (χ0n) is 24.0. The molecule has 6 rings (SSSR count). The molecule has 1 fully saturated rings. The van der Waals surface area contributed by atoms with E-state index in [1.54, 1.807) is 16.0 Å². The van der Waals surface area contributed by atoms with Crippen molar-refractivity contribution in [2.45, 2.75) is 48.2 Å². The molecule has 224 valence electrons. The summed E-state index contributed by atoms with van der Waals surface area (Å²) in [7, 11) is 1.51. The first-order chi connectivity index (χ1) is 20.8. The summed E-state index contributed by atoms with van der Waals surface area (Å²) in [6.07, 6.45) is 3.17. The summed E-state index contributed by atoms with van der Waals surface area (Å²) in [5.41, 5.74) is 9.04. The fraction of sp³-hybridized carbons (Fsp3) is 0.355. The fourth-order valence-corrected chi connectivity index (χ4v) is 7.13. The number of nitrogens with two attached hydrogens (primary N) is 1. The molecule has 3 aliphatic rings. The molecule has 0 bridgehead atoms. The number of amides is 4. The second-order valence-corrected chi connectivity index (χ2v) is 12.0. The van der Waals surface area contributed by atoms with Crippen molar-refractivity contribution in [1.82, 2.24) is 20.5 Å². The number of benzene rings is 2. The molecule has 2 unspecified atom stereocenters. The molecule has 1 saturated heterocycles. The Morgan fingerprint density at radius 3 is 2.74 bits per heavy atom. The first kappa shape index (κ1) is 29.0. The summed E-state index contributed by atoms with van der Waals surface area (Å²) in [5, 5.41) is 6.30. The number of carbonyl (C=O) groups is 3. The second-order valence-electron chi connectivity index (χ2n) is 10.9. The lowest BCUT2D eigenvalue weighted by Crippen LogP contribution is -2.56. The van der Waals surface area contributed by atoms with Crippen LogP contribution in [0.4, 0.5) is 16.2 Å². The topological polar surface area (TPSA) is 139 Å². The number of piperidine rings is 1. The zero-order valence-corrected chi connectivity index (χ0v) is 24.8. The van der Waals surface area contributed by atoms with E-state index >= 15 is 0 Å². The molecule has 1 aromatic heterocycles. The van der Waals surface area contributed by atoms with Crippen LogP contribution in [0.2, 0.25) is 0 Å². The molecule has 0 saturated carbocycles. The van der Waals surface area contributed by atoms with Crippen molar-refractivity contribution in [1.29, 1.82) is 0 Å². The summed E-state index contributed by atoms with van der Waals surface area (Å²) in [6.45, 7) is 3.04. The van der Waals surface area contributed by atoms with Gasteiger partial charge in [-0.25, -0.2) is 9.78 Å². The number of rotatable bonds is 8. The van der Waals surface area contributed by atoms with Gasteiger partial charge in [-0.3, -0.25) is 14.5 Å². The minimum absolute atomic E-state index is 0.141. The van der Waals surface area contributed by atoms with Gasteiger partial charge in [0.25, 0.3) is 0 Å². The maximum Gasteiger partial charge on any atom is 0.327 e. The van der Waals surface area contributed by atoms with E-state index in [9.17, 15) is 14.4 Å². The lowest BCUT2D eigenvalue weighted by Gasteiger charge is -2.36. The molecule has 43 heavy (non-hydrogen) atoms. The van der Waals surface area contributed by atoms with E-state index < -0.39 is 17.3 Å². The highest BCUT2D eigenvalue weighted by molar-refractivity contribution is 8.01. The zero-order chi connectivity index (χ0) is 30.1. The Labute approximate surface area is 254 Å². The Balaban J connectivity index is 1.18. The molecular weight excluding hydrogens is 568 g/mol. The van der Waals surface area contributed by atoms with Gasteiger partial charge in [-0.15, -0.1) is 0 Å². The van der Waals surface area contributed by atoms with E-state index in [2.05, 4.69) is 15.6 Å². The third-order valence-corrected chi connectivity index (χ3v) is 9.18. The molecule has 4 N–H and O–H groups in total. The van der Waals surface area contributed by atoms with E-state index in [4.69, 9.17) is 15.2 Å². The number of urea groups is 1. The molecule has 11 nitrogen and oxygen atoms in total. The summed E-state index contributed by atoms with van der Waals surface area (Å²) in [4.78, 5) is 47.8. The number of para-hydroxylation sites is 1. The number of aryl methyl sites for hydroxylation is 1. The summed E-state index contributed by atoms with van der Waals surface area (Å²) < 4.78 is 11.0. The van der Waals surface area contributed by atoms with Gasteiger partial charge in [-0.2, -0.15) is 0 Å². The lowest BCUT2D eigenvalue weighted by atomic mass is 9.98. The van der Waals surface area contributed by atoms with Crippen molar-refractivity contribution in [2.24, 2.45) is 5.73 Å². The summed E-state index contributed by atoms with van der Waals surface area (Å²) >= 11 is 1.34.